The van der Waals surface area contributed by atoms with Crippen molar-refractivity contribution in [1.82, 2.24) is 14.9 Å². The molecule has 2 aromatic rings. The highest BCUT2D eigenvalue weighted by molar-refractivity contribution is 14.1. The lowest BCUT2D eigenvalue weighted by Crippen LogP contribution is -2.42. The van der Waals surface area contributed by atoms with Gasteiger partial charge in [0.15, 0.2) is 0 Å². The van der Waals surface area contributed by atoms with Gasteiger partial charge in [-0.3, -0.25) is 0 Å². The maximum atomic E-state index is 13.8. The molecule has 8 heteroatoms. The zero-order chi connectivity index (χ0) is 20.5. The number of benzene rings is 1. The molecule has 0 aliphatic carbocycles. The van der Waals surface area contributed by atoms with Crippen LogP contribution in [0.3, 0.4) is 0 Å². The minimum absolute atomic E-state index is 0.366. The maximum Gasteiger partial charge on any atom is 0.227 e. The Balaban J connectivity index is 1.66. The van der Waals surface area contributed by atoms with Crippen molar-refractivity contribution in [2.75, 3.05) is 43.5 Å². The van der Waals surface area contributed by atoms with Crippen LogP contribution in [0, 0.1) is 3.57 Å². The first-order valence-corrected chi connectivity index (χ1v) is 11.5. The fraction of sp³-hybridized carbons (Fsp3) is 0.619. The van der Waals surface area contributed by atoms with Gasteiger partial charge in [-0.25, -0.2) is 9.37 Å². The molecular weight excluding hydrogens is 484 g/mol. The summed E-state index contributed by atoms with van der Waals surface area (Å²) in [5.74, 6) is 2.25. The number of hydrogen-bond donors (Lipinski definition) is 1. The Hall–Kier alpha value is -1.42. The highest BCUT2D eigenvalue weighted by Gasteiger charge is 2.26. The van der Waals surface area contributed by atoms with Crippen molar-refractivity contribution in [3.8, 4) is 5.75 Å². The summed E-state index contributed by atoms with van der Waals surface area (Å²) in [6.07, 6.45) is 1.90. The Kier molecular flexibility index (Phi) is 6.29. The van der Waals surface area contributed by atoms with Gasteiger partial charge in [0.25, 0.3) is 0 Å². The van der Waals surface area contributed by atoms with E-state index in [2.05, 4.69) is 46.7 Å². The molecule has 0 saturated carbocycles. The lowest BCUT2D eigenvalue weighted by Gasteiger charge is -2.35. The van der Waals surface area contributed by atoms with Gasteiger partial charge >= 0.3 is 0 Å². The predicted octanol–water partition coefficient (Wildman–Crippen LogP) is 4.08. The highest BCUT2D eigenvalue weighted by atomic mass is 127. The summed E-state index contributed by atoms with van der Waals surface area (Å²) in [5.41, 5.74) is 0.865. The van der Waals surface area contributed by atoms with Crippen LogP contribution in [-0.2, 0) is 0 Å². The molecule has 158 valence electrons. The molecule has 0 bridgehead atoms. The van der Waals surface area contributed by atoms with E-state index in [-0.39, 0.29) is 0 Å². The van der Waals surface area contributed by atoms with Gasteiger partial charge in [-0.05, 0) is 67.8 Å². The van der Waals surface area contributed by atoms with Crippen LogP contribution in [0.4, 0.5) is 16.2 Å². The quantitative estimate of drug-likeness (QED) is 0.609. The SMILES string of the molecule is COc1cc2c(NC3CCN(C(C)C)CC3)nc(N3CCC(F)C3)nc2cc1I. The van der Waals surface area contributed by atoms with E-state index in [9.17, 15) is 4.39 Å². The van der Waals surface area contributed by atoms with Crippen LogP contribution in [0.15, 0.2) is 12.1 Å². The normalized spacial score (nSPS) is 21.3. The zero-order valence-electron chi connectivity index (χ0n) is 17.3. The number of nitrogens with zero attached hydrogens (tertiary/aromatic N) is 4. The summed E-state index contributed by atoms with van der Waals surface area (Å²) in [7, 11) is 1.68. The average molecular weight is 513 g/mol. The van der Waals surface area contributed by atoms with Crippen LogP contribution in [0.5, 0.6) is 5.75 Å². The monoisotopic (exact) mass is 513 g/mol. The van der Waals surface area contributed by atoms with Crippen LogP contribution in [-0.4, -0.2) is 66.4 Å². The van der Waals surface area contributed by atoms with Gasteiger partial charge in [0.05, 0.1) is 22.7 Å². The van der Waals surface area contributed by atoms with Gasteiger partial charge in [-0.15, -0.1) is 0 Å². The third kappa shape index (κ3) is 4.52. The zero-order valence-corrected chi connectivity index (χ0v) is 19.4. The molecule has 1 unspecified atom stereocenters. The molecule has 4 rings (SSSR count). The summed E-state index contributed by atoms with van der Waals surface area (Å²) >= 11 is 2.26. The smallest absolute Gasteiger partial charge is 0.227 e. The fourth-order valence-corrected chi connectivity index (χ4v) is 4.85. The second-order valence-electron chi connectivity index (χ2n) is 8.26. The lowest BCUT2D eigenvalue weighted by molar-refractivity contribution is 0.177. The van der Waals surface area contributed by atoms with Crippen LogP contribution in [0.1, 0.15) is 33.1 Å². The molecular formula is C21H29FIN5O. The molecule has 0 amide bonds. The number of ether oxygens (including phenoxy) is 1. The van der Waals surface area contributed by atoms with Crippen LogP contribution in [0.2, 0.25) is 0 Å². The lowest BCUT2D eigenvalue weighted by atomic mass is 10.0. The number of nitrogens with one attached hydrogen (secondary N) is 1. The molecule has 6 nitrogen and oxygen atoms in total. The van der Waals surface area contributed by atoms with E-state index in [0.29, 0.717) is 37.5 Å². The second-order valence-corrected chi connectivity index (χ2v) is 9.42. The molecule has 2 saturated heterocycles. The van der Waals surface area contributed by atoms with Crippen LogP contribution >= 0.6 is 22.6 Å². The van der Waals surface area contributed by atoms with Gasteiger partial charge in [0, 0.05) is 37.1 Å². The Morgan fingerprint density at radius 1 is 1.17 bits per heavy atom. The molecule has 1 N–H and O–H groups in total. The number of likely N-dealkylation sites (tertiary alicyclic amines) is 1. The van der Waals surface area contributed by atoms with Gasteiger partial charge in [0.2, 0.25) is 5.95 Å². The standard InChI is InChI=1S/C21H29FIN5O/c1-13(2)27-8-5-15(6-9-27)24-20-16-10-19(29-3)17(23)11-18(16)25-21(26-20)28-7-4-14(22)12-28/h10-11,13-15H,4-9,12H2,1-3H3,(H,24,25,26). The van der Waals surface area contributed by atoms with Crippen molar-refractivity contribution < 1.29 is 9.13 Å². The Labute approximate surface area is 185 Å². The topological polar surface area (TPSA) is 53.5 Å². The van der Waals surface area contributed by atoms with E-state index >= 15 is 0 Å². The van der Waals surface area contributed by atoms with E-state index < -0.39 is 6.17 Å². The van der Waals surface area contributed by atoms with Crippen molar-refractivity contribution in [2.45, 2.75) is 51.4 Å². The van der Waals surface area contributed by atoms with Crippen molar-refractivity contribution in [3.05, 3.63) is 15.7 Å². The van der Waals surface area contributed by atoms with Crippen molar-refractivity contribution in [3.63, 3.8) is 0 Å². The molecule has 1 aromatic carbocycles. The van der Waals surface area contributed by atoms with Gasteiger partial charge in [-0.1, -0.05) is 0 Å². The fourth-order valence-electron chi connectivity index (χ4n) is 4.18. The van der Waals surface area contributed by atoms with E-state index in [4.69, 9.17) is 14.7 Å². The Morgan fingerprint density at radius 3 is 2.55 bits per heavy atom. The van der Waals surface area contributed by atoms with Crippen LogP contribution < -0.4 is 15.0 Å². The second kappa shape index (κ2) is 8.75. The number of rotatable bonds is 5. The maximum absolute atomic E-state index is 13.8. The van der Waals surface area contributed by atoms with E-state index in [0.717, 1.165) is 52.0 Å². The first-order chi connectivity index (χ1) is 13.9. The minimum Gasteiger partial charge on any atom is -0.496 e. The first-order valence-electron chi connectivity index (χ1n) is 10.4. The summed E-state index contributed by atoms with van der Waals surface area (Å²) in [6.45, 7) is 7.70. The number of methoxy groups -OCH3 is 1. The van der Waals surface area contributed by atoms with Gasteiger partial charge < -0.3 is 19.9 Å². The number of alkyl halides is 1. The summed E-state index contributed by atoms with van der Waals surface area (Å²) in [4.78, 5) is 14.1. The molecule has 29 heavy (non-hydrogen) atoms. The van der Waals surface area contributed by atoms with Crippen LogP contribution in [0.25, 0.3) is 10.9 Å². The molecule has 0 spiro atoms. The number of hydrogen-bond acceptors (Lipinski definition) is 6. The van der Waals surface area contributed by atoms with Crippen molar-refractivity contribution in [1.29, 1.82) is 0 Å². The molecule has 2 aliphatic rings. The molecule has 1 aromatic heterocycles. The van der Waals surface area contributed by atoms with Gasteiger partial charge in [-0.2, -0.15) is 4.98 Å². The number of halogens is 2. The molecule has 1 atom stereocenters. The minimum atomic E-state index is -0.804. The van der Waals surface area contributed by atoms with E-state index in [1.54, 1.807) is 7.11 Å². The number of piperidine rings is 1. The van der Waals surface area contributed by atoms with E-state index in [1.807, 2.05) is 17.0 Å². The molecule has 2 fully saturated rings. The molecule has 0 radical (unpaired) electrons. The summed E-state index contributed by atoms with van der Waals surface area (Å²) < 4.78 is 20.3. The highest BCUT2D eigenvalue weighted by Crippen LogP contribution is 2.33. The largest absolute Gasteiger partial charge is 0.496 e. The van der Waals surface area contributed by atoms with Crippen molar-refractivity contribution >= 4 is 45.3 Å². The number of fused-ring (bicyclic) bond motifs is 1. The van der Waals surface area contributed by atoms with Crippen molar-refractivity contribution in [2.24, 2.45) is 0 Å². The number of anilines is 2. The number of aromatic nitrogens is 2. The predicted molar refractivity (Wildman–Crippen MR) is 124 cm³/mol. The molecule has 2 aliphatic heterocycles. The van der Waals surface area contributed by atoms with Gasteiger partial charge in [0.1, 0.15) is 17.7 Å². The summed E-state index contributed by atoms with van der Waals surface area (Å²) in [5, 5.41) is 4.63. The summed E-state index contributed by atoms with van der Waals surface area (Å²) in [6, 6.07) is 4.98. The Bertz CT molecular complexity index is 872. The Morgan fingerprint density at radius 2 is 1.93 bits per heavy atom. The molecule has 3 heterocycles. The van der Waals surface area contributed by atoms with E-state index in [1.165, 1.54) is 0 Å². The average Bonchev–Trinajstić information content (AvgIpc) is 3.14. The third-order valence-electron chi connectivity index (χ3n) is 5.97. The first kappa shape index (κ1) is 20.8. The third-order valence-corrected chi connectivity index (χ3v) is 6.81.